The van der Waals surface area contributed by atoms with Gasteiger partial charge in [-0.05, 0) is 37.0 Å². The number of rotatable bonds is 6. The van der Waals surface area contributed by atoms with E-state index in [1.165, 1.54) is 0 Å². The molecule has 1 saturated carbocycles. The van der Waals surface area contributed by atoms with Gasteiger partial charge in [0.05, 0.1) is 5.60 Å². The second-order valence-electron chi connectivity index (χ2n) is 4.40. The Kier molecular flexibility index (Phi) is 4.75. The zero-order chi connectivity index (χ0) is 13.0. The van der Waals surface area contributed by atoms with Crippen molar-refractivity contribution in [2.24, 2.45) is 0 Å². The van der Waals surface area contributed by atoms with Gasteiger partial charge in [-0.15, -0.1) is 22.0 Å². The molecule has 0 aromatic carbocycles. The Labute approximate surface area is 116 Å². The number of nitrogens with one attached hydrogen (secondary N) is 1. The molecule has 100 valence electrons. The Morgan fingerprint density at radius 3 is 2.83 bits per heavy atom. The molecule has 0 saturated heterocycles. The largest absolute Gasteiger partial charge is 0.387 e. The third-order valence-corrected chi connectivity index (χ3v) is 5.28. The second-order valence-corrected chi connectivity index (χ2v) is 6.71. The molecule has 0 spiro atoms. The maximum Gasteiger partial charge on any atom is 0.148 e. The van der Waals surface area contributed by atoms with E-state index in [9.17, 15) is 5.11 Å². The quantitative estimate of drug-likeness (QED) is 0.782. The van der Waals surface area contributed by atoms with Gasteiger partial charge in [-0.3, -0.25) is 0 Å². The maximum atomic E-state index is 10.4. The van der Waals surface area contributed by atoms with E-state index in [4.69, 9.17) is 0 Å². The zero-order valence-electron chi connectivity index (χ0n) is 10.7. The minimum Gasteiger partial charge on any atom is -0.387 e. The molecule has 6 heteroatoms. The molecule has 1 aromatic heterocycles. The van der Waals surface area contributed by atoms with Crippen LogP contribution < -0.4 is 5.32 Å². The highest BCUT2D eigenvalue weighted by atomic mass is 32.2. The molecule has 0 radical (unpaired) electrons. The van der Waals surface area contributed by atoms with E-state index < -0.39 is 5.60 Å². The van der Waals surface area contributed by atoms with Gasteiger partial charge in [-0.2, -0.15) is 11.8 Å². The molecule has 4 nitrogen and oxygen atoms in total. The van der Waals surface area contributed by atoms with E-state index in [0.717, 1.165) is 29.4 Å². The van der Waals surface area contributed by atoms with Gasteiger partial charge in [0.15, 0.2) is 0 Å². The third kappa shape index (κ3) is 3.10. The lowest BCUT2D eigenvalue weighted by atomic mass is 9.79. The van der Waals surface area contributed by atoms with Crippen LogP contribution in [0.25, 0.3) is 0 Å². The number of thioether (sulfide) groups is 2. The predicted octanol–water partition coefficient (Wildman–Crippen LogP) is 2.26. The molecule has 0 bridgehead atoms. The lowest BCUT2D eigenvalue weighted by molar-refractivity contribution is -0.0120. The monoisotopic (exact) mass is 285 g/mol. The summed E-state index contributed by atoms with van der Waals surface area (Å²) >= 11 is 3.41. The fourth-order valence-corrected chi connectivity index (χ4v) is 3.53. The van der Waals surface area contributed by atoms with E-state index >= 15 is 0 Å². The number of hydrogen-bond donors (Lipinski definition) is 2. The first-order chi connectivity index (χ1) is 8.68. The highest BCUT2D eigenvalue weighted by Gasteiger charge is 2.44. The van der Waals surface area contributed by atoms with Crippen molar-refractivity contribution in [3.05, 3.63) is 12.1 Å². The molecule has 0 aliphatic heterocycles. The summed E-state index contributed by atoms with van der Waals surface area (Å²) < 4.78 is 0. The lowest BCUT2D eigenvalue weighted by Crippen LogP contribution is -2.54. The summed E-state index contributed by atoms with van der Waals surface area (Å²) in [7, 11) is 0. The molecule has 1 heterocycles. The SMILES string of the molecule is CCSC1CCC1(O)CNc1ccc(SC)nn1. The van der Waals surface area contributed by atoms with Gasteiger partial charge in [0, 0.05) is 11.8 Å². The van der Waals surface area contributed by atoms with Crippen LogP contribution in [0, 0.1) is 0 Å². The summed E-state index contributed by atoms with van der Waals surface area (Å²) in [6.45, 7) is 2.68. The highest BCUT2D eigenvalue weighted by molar-refractivity contribution is 8.00. The van der Waals surface area contributed by atoms with Crippen LogP contribution in [-0.4, -0.2) is 44.7 Å². The molecule has 2 rings (SSSR count). The van der Waals surface area contributed by atoms with Gasteiger partial charge in [-0.1, -0.05) is 6.92 Å². The Balaban J connectivity index is 1.86. The molecule has 1 aliphatic rings. The number of nitrogens with zero attached hydrogens (tertiary/aromatic N) is 2. The molecule has 2 N–H and O–H groups in total. The van der Waals surface area contributed by atoms with Gasteiger partial charge in [-0.25, -0.2) is 0 Å². The molecule has 18 heavy (non-hydrogen) atoms. The van der Waals surface area contributed by atoms with Crippen LogP contribution in [0.4, 0.5) is 5.82 Å². The molecular weight excluding hydrogens is 266 g/mol. The van der Waals surface area contributed by atoms with Crippen molar-refractivity contribution in [3.8, 4) is 0 Å². The van der Waals surface area contributed by atoms with Crippen LogP contribution in [-0.2, 0) is 0 Å². The number of hydrogen-bond acceptors (Lipinski definition) is 6. The normalized spacial score (nSPS) is 26.7. The second kappa shape index (κ2) is 6.12. The van der Waals surface area contributed by atoms with Crippen molar-refractivity contribution in [1.29, 1.82) is 0 Å². The van der Waals surface area contributed by atoms with Crippen molar-refractivity contribution < 1.29 is 5.11 Å². The van der Waals surface area contributed by atoms with Gasteiger partial charge in [0.2, 0.25) is 0 Å². The maximum absolute atomic E-state index is 10.4. The van der Waals surface area contributed by atoms with Crippen LogP contribution in [0.2, 0.25) is 0 Å². The van der Waals surface area contributed by atoms with E-state index in [0.29, 0.717) is 11.8 Å². The van der Waals surface area contributed by atoms with Crippen molar-refractivity contribution in [1.82, 2.24) is 10.2 Å². The number of aromatic nitrogens is 2. The summed E-state index contributed by atoms with van der Waals surface area (Å²) in [5.74, 6) is 1.78. The number of aliphatic hydroxyl groups is 1. The van der Waals surface area contributed by atoms with Crippen LogP contribution in [0.5, 0.6) is 0 Å². The van der Waals surface area contributed by atoms with Crippen LogP contribution in [0.1, 0.15) is 19.8 Å². The zero-order valence-corrected chi connectivity index (χ0v) is 12.4. The lowest BCUT2D eigenvalue weighted by Gasteiger charge is -2.45. The van der Waals surface area contributed by atoms with Crippen molar-refractivity contribution in [2.75, 3.05) is 23.9 Å². The van der Waals surface area contributed by atoms with Crippen LogP contribution in [0.3, 0.4) is 0 Å². The first-order valence-electron chi connectivity index (χ1n) is 6.13. The fraction of sp³-hybridized carbons (Fsp3) is 0.667. The molecular formula is C12H19N3OS2. The summed E-state index contributed by atoms with van der Waals surface area (Å²) in [4.78, 5) is 0. The summed E-state index contributed by atoms with van der Waals surface area (Å²) in [6.07, 6.45) is 3.95. The average molecular weight is 285 g/mol. The summed E-state index contributed by atoms with van der Waals surface area (Å²) in [6, 6.07) is 3.84. The fourth-order valence-electron chi connectivity index (χ4n) is 2.00. The molecule has 0 amide bonds. The minimum absolute atomic E-state index is 0.355. The first-order valence-corrected chi connectivity index (χ1v) is 8.41. The van der Waals surface area contributed by atoms with Gasteiger partial charge < -0.3 is 10.4 Å². The molecule has 1 fully saturated rings. The highest BCUT2D eigenvalue weighted by Crippen LogP contribution is 2.41. The predicted molar refractivity (Wildman–Crippen MR) is 78.4 cm³/mol. The third-order valence-electron chi connectivity index (χ3n) is 3.23. The molecule has 1 aliphatic carbocycles. The number of anilines is 1. The van der Waals surface area contributed by atoms with E-state index in [1.54, 1.807) is 11.8 Å². The summed E-state index contributed by atoms with van der Waals surface area (Å²) in [5.41, 5.74) is -0.583. The topological polar surface area (TPSA) is 58.0 Å². The standard InChI is InChI=1S/C12H19N3OS2/c1-3-18-9-6-7-12(9,16)8-13-10-4-5-11(17-2)15-14-10/h4-5,9,16H,3,6-8H2,1-2H3,(H,13,14). The Hall–Kier alpha value is -0.460. The van der Waals surface area contributed by atoms with Crippen LogP contribution in [0.15, 0.2) is 17.2 Å². The van der Waals surface area contributed by atoms with Gasteiger partial charge >= 0.3 is 0 Å². The van der Waals surface area contributed by atoms with E-state index in [1.807, 2.05) is 30.2 Å². The van der Waals surface area contributed by atoms with Crippen molar-refractivity contribution in [2.45, 2.75) is 35.6 Å². The van der Waals surface area contributed by atoms with E-state index in [2.05, 4.69) is 22.4 Å². The summed E-state index contributed by atoms with van der Waals surface area (Å²) in [5, 5.41) is 23.0. The Morgan fingerprint density at radius 1 is 1.50 bits per heavy atom. The van der Waals surface area contributed by atoms with Crippen molar-refractivity contribution >= 4 is 29.3 Å². The molecule has 2 atom stereocenters. The van der Waals surface area contributed by atoms with E-state index in [-0.39, 0.29) is 0 Å². The Bertz CT molecular complexity index is 387. The minimum atomic E-state index is -0.583. The molecule has 2 unspecified atom stereocenters. The van der Waals surface area contributed by atoms with Gasteiger partial charge in [0.25, 0.3) is 0 Å². The van der Waals surface area contributed by atoms with Crippen LogP contribution >= 0.6 is 23.5 Å². The first kappa shape index (κ1) is 14.0. The van der Waals surface area contributed by atoms with Gasteiger partial charge in [0.1, 0.15) is 10.8 Å². The Morgan fingerprint density at radius 2 is 2.33 bits per heavy atom. The smallest absolute Gasteiger partial charge is 0.148 e. The van der Waals surface area contributed by atoms with Crippen molar-refractivity contribution in [3.63, 3.8) is 0 Å². The average Bonchev–Trinajstić information content (AvgIpc) is 2.41. The molecule has 1 aromatic rings.